The Balaban J connectivity index is 1.07. The number of fused-ring (bicyclic) bond motifs is 5. The Kier molecular flexibility index (Phi) is 9.21. The van der Waals surface area contributed by atoms with E-state index in [4.69, 9.17) is 9.97 Å². The van der Waals surface area contributed by atoms with Crippen molar-refractivity contribution in [2.24, 2.45) is 0 Å². The summed E-state index contributed by atoms with van der Waals surface area (Å²) in [5, 5.41) is 4.78. The van der Waals surface area contributed by atoms with Crippen LogP contribution in [0.3, 0.4) is 0 Å². The maximum Gasteiger partial charge on any atom is 0.160 e. The summed E-state index contributed by atoms with van der Waals surface area (Å²) in [7, 11) is 0. The fourth-order valence-corrected chi connectivity index (χ4v) is 10.3. The van der Waals surface area contributed by atoms with Crippen LogP contribution in [0.4, 0.5) is 0 Å². The van der Waals surface area contributed by atoms with Gasteiger partial charge in [0.1, 0.15) is 0 Å². The lowest BCUT2D eigenvalue weighted by Gasteiger charge is -2.22. The maximum absolute atomic E-state index is 5.32. The van der Waals surface area contributed by atoms with Gasteiger partial charge < -0.3 is 0 Å². The predicted molar refractivity (Wildman–Crippen MR) is 273 cm³/mol. The molecule has 1 heterocycles. The number of hydrogen-bond acceptors (Lipinski definition) is 2. The van der Waals surface area contributed by atoms with Gasteiger partial charge in [-0.1, -0.05) is 214 Å². The van der Waals surface area contributed by atoms with Crippen LogP contribution in [0.15, 0.2) is 231 Å². The standard InChI is InChI=1S/C63H44N2/c1-63(2)57-32-14-13-29-56(57)61-52(31-17-33-58(61)63)48-38-46(50-30-16-23-42-20-9-10-26-49(42)50)37-47(39-48)51-34-35-55(54-28-12-11-27-53(51)54)60-40-59(64-62(65-60)43-21-7-4-8-22-43)45-25-15-24-44(36-45)41-18-5-3-6-19-41/h3-40H,1-2H3. The second kappa shape index (κ2) is 15.6. The molecule has 2 nitrogen and oxygen atoms in total. The van der Waals surface area contributed by atoms with Crippen LogP contribution in [0, 0.1) is 0 Å². The monoisotopic (exact) mass is 828 g/mol. The summed E-state index contributed by atoms with van der Waals surface area (Å²) in [4.78, 5) is 10.5. The van der Waals surface area contributed by atoms with Gasteiger partial charge in [0.2, 0.25) is 0 Å². The third-order valence-corrected chi connectivity index (χ3v) is 13.5. The molecule has 0 spiro atoms. The number of hydrogen-bond donors (Lipinski definition) is 0. The normalized spacial score (nSPS) is 12.6. The Labute approximate surface area is 380 Å². The van der Waals surface area contributed by atoms with Gasteiger partial charge in [-0.25, -0.2) is 9.97 Å². The molecule has 2 heteroatoms. The number of aromatic nitrogens is 2. The molecule has 0 atom stereocenters. The van der Waals surface area contributed by atoms with Crippen LogP contribution in [0.2, 0.25) is 0 Å². The minimum Gasteiger partial charge on any atom is -0.228 e. The van der Waals surface area contributed by atoms with E-state index >= 15 is 0 Å². The lowest BCUT2D eigenvalue weighted by atomic mass is 9.81. The molecule has 65 heavy (non-hydrogen) atoms. The zero-order chi connectivity index (χ0) is 43.5. The molecule has 11 aromatic rings. The van der Waals surface area contributed by atoms with Gasteiger partial charge in [-0.05, 0) is 119 Å². The highest BCUT2D eigenvalue weighted by Gasteiger charge is 2.36. The first kappa shape index (κ1) is 38.5. The van der Waals surface area contributed by atoms with Gasteiger partial charge in [0.05, 0.1) is 11.4 Å². The molecule has 1 aliphatic carbocycles. The van der Waals surface area contributed by atoms with Crippen molar-refractivity contribution in [1.82, 2.24) is 9.97 Å². The van der Waals surface area contributed by atoms with E-state index in [2.05, 4.69) is 238 Å². The second-order valence-corrected chi connectivity index (χ2v) is 17.7. The molecule has 1 aromatic heterocycles. The van der Waals surface area contributed by atoms with Crippen LogP contribution in [0.25, 0.3) is 111 Å². The van der Waals surface area contributed by atoms with Crippen LogP contribution >= 0.6 is 0 Å². The summed E-state index contributed by atoms with van der Waals surface area (Å²) in [6.45, 7) is 4.72. The van der Waals surface area contributed by atoms with Crippen molar-refractivity contribution >= 4 is 21.5 Å². The van der Waals surface area contributed by atoms with E-state index < -0.39 is 0 Å². The SMILES string of the molecule is CC1(C)c2ccccc2-c2c(-c3cc(-c4cccc5ccccc45)cc(-c4ccc(-c5cc(-c6cccc(-c7ccccc7)c6)nc(-c6ccccc6)n5)c5ccccc45)c3)cccc21. The largest absolute Gasteiger partial charge is 0.228 e. The summed E-state index contributed by atoms with van der Waals surface area (Å²) < 4.78 is 0. The van der Waals surface area contributed by atoms with Crippen molar-refractivity contribution in [2.45, 2.75) is 19.3 Å². The first-order valence-corrected chi connectivity index (χ1v) is 22.5. The molecule has 0 aliphatic heterocycles. The summed E-state index contributed by atoms with van der Waals surface area (Å²) in [5.74, 6) is 0.698. The van der Waals surface area contributed by atoms with Gasteiger partial charge in [0, 0.05) is 22.1 Å². The number of benzene rings is 10. The Morgan fingerprint density at radius 1 is 0.292 bits per heavy atom. The van der Waals surface area contributed by atoms with E-state index in [1.54, 1.807) is 0 Å². The predicted octanol–water partition coefficient (Wildman–Crippen LogP) is 16.8. The van der Waals surface area contributed by atoms with Crippen LogP contribution in [0.5, 0.6) is 0 Å². The van der Waals surface area contributed by atoms with E-state index in [0.717, 1.165) is 39.0 Å². The van der Waals surface area contributed by atoms with E-state index in [-0.39, 0.29) is 5.41 Å². The van der Waals surface area contributed by atoms with Crippen molar-refractivity contribution in [1.29, 1.82) is 0 Å². The first-order chi connectivity index (χ1) is 32.0. The van der Waals surface area contributed by atoms with E-state index in [1.807, 2.05) is 6.07 Å². The van der Waals surface area contributed by atoms with E-state index in [1.165, 1.54) is 77.4 Å². The highest BCUT2D eigenvalue weighted by molar-refractivity contribution is 6.07. The van der Waals surface area contributed by atoms with Crippen molar-refractivity contribution in [2.75, 3.05) is 0 Å². The fourth-order valence-electron chi connectivity index (χ4n) is 10.3. The fraction of sp³-hybridized carbons (Fsp3) is 0.0476. The molecule has 12 rings (SSSR count). The first-order valence-electron chi connectivity index (χ1n) is 22.5. The molecule has 306 valence electrons. The van der Waals surface area contributed by atoms with Gasteiger partial charge in [-0.3, -0.25) is 0 Å². The Morgan fingerprint density at radius 3 is 1.55 bits per heavy atom. The quantitative estimate of drug-likeness (QED) is 0.160. The van der Waals surface area contributed by atoms with Crippen LogP contribution in [0.1, 0.15) is 25.0 Å². The lowest BCUT2D eigenvalue weighted by molar-refractivity contribution is 0.660. The van der Waals surface area contributed by atoms with Gasteiger partial charge in [-0.15, -0.1) is 0 Å². The average Bonchev–Trinajstić information content (AvgIpc) is 3.61. The lowest BCUT2D eigenvalue weighted by Crippen LogP contribution is -2.14. The smallest absolute Gasteiger partial charge is 0.160 e. The third-order valence-electron chi connectivity index (χ3n) is 13.5. The van der Waals surface area contributed by atoms with Crippen LogP contribution in [-0.2, 0) is 5.41 Å². The summed E-state index contributed by atoms with van der Waals surface area (Å²) in [5.41, 5.74) is 19.7. The van der Waals surface area contributed by atoms with Crippen LogP contribution in [-0.4, -0.2) is 9.97 Å². The molecule has 0 unspecified atom stereocenters. The van der Waals surface area contributed by atoms with Crippen LogP contribution < -0.4 is 0 Å². The van der Waals surface area contributed by atoms with Crippen molar-refractivity contribution in [3.63, 3.8) is 0 Å². The Bertz CT molecular complexity index is 3620. The van der Waals surface area contributed by atoms with Gasteiger partial charge in [0.25, 0.3) is 0 Å². The molecule has 10 aromatic carbocycles. The zero-order valence-electron chi connectivity index (χ0n) is 36.3. The minimum absolute atomic E-state index is 0.101. The topological polar surface area (TPSA) is 25.8 Å². The van der Waals surface area contributed by atoms with Gasteiger partial charge in [0.15, 0.2) is 5.82 Å². The number of nitrogens with zero attached hydrogens (tertiary/aromatic N) is 2. The third kappa shape index (κ3) is 6.65. The molecule has 0 N–H and O–H groups in total. The van der Waals surface area contributed by atoms with Crippen molar-refractivity contribution < 1.29 is 0 Å². The average molecular weight is 829 g/mol. The van der Waals surface area contributed by atoms with Crippen molar-refractivity contribution in [3.05, 3.63) is 242 Å². The molecule has 0 fully saturated rings. The molecule has 0 saturated carbocycles. The van der Waals surface area contributed by atoms with E-state index in [0.29, 0.717) is 5.82 Å². The molecule has 0 radical (unpaired) electrons. The second-order valence-electron chi connectivity index (χ2n) is 17.7. The summed E-state index contributed by atoms with van der Waals surface area (Å²) >= 11 is 0. The summed E-state index contributed by atoms with van der Waals surface area (Å²) in [6.07, 6.45) is 0. The Hall–Kier alpha value is -8.20. The summed E-state index contributed by atoms with van der Waals surface area (Å²) in [6, 6.07) is 83.5. The maximum atomic E-state index is 5.32. The van der Waals surface area contributed by atoms with E-state index in [9.17, 15) is 0 Å². The molecular weight excluding hydrogens is 785 g/mol. The highest BCUT2D eigenvalue weighted by atomic mass is 14.9. The number of rotatable bonds is 7. The Morgan fingerprint density at radius 2 is 0.769 bits per heavy atom. The minimum atomic E-state index is -0.101. The van der Waals surface area contributed by atoms with Gasteiger partial charge >= 0.3 is 0 Å². The van der Waals surface area contributed by atoms with Crippen molar-refractivity contribution in [3.8, 4) is 89.5 Å². The molecule has 0 bridgehead atoms. The highest BCUT2D eigenvalue weighted by Crippen LogP contribution is 2.53. The zero-order valence-corrected chi connectivity index (χ0v) is 36.3. The molecular formula is C63H44N2. The molecule has 0 amide bonds. The molecule has 1 aliphatic rings. The van der Waals surface area contributed by atoms with Gasteiger partial charge in [-0.2, -0.15) is 0 Å². The molecule has 0 saturated heterocycles.